The molecule has 3 N–H and O–H groups in total. The third kappa shape index (κ3) is 3.03. The van der Waals surface area contributed by atoms with Gasteiger partial charge >= 0.3 is 5.97 Å². The predicted octanol–water partition coefficient (Wildman–Crippen LogP) is 1.08. The minimum atomic E-state index is -1.09. The largest absolute Gasteiger partial charge is 0.497 e. The maximum atomic E-state index is 12.0. The van der Waals surface area contributed by atoms with E-state index < -0.39 is 5.97 Å². The molecule has 0 radical (unpaired) electrons. The van der Waals surface area contributed by atoms with Crippen molar-refractivity contribution >= 4 is 17.6 Å². The molecule has 1 aromatic rings. The highest BCUT2D eigenvalue weighted by molar-refractivity contribution is 6.02. The number of carboxylic acid groups (broad SMARTS) is 1. The fourth-order valence-electron chi connectivity index (χ4n) is 2.07. The number of anilines is 1. The molecule has 6 nitrogen and oxygen atoms in total. The SMILES string of the molecule is COc1ccc(C(=O)O)c(NC(=O)[C@@H]2CCCN2)c1. The van der Waals surface area contributed by atoms with Crippen LogP contribution in [-0.4, -0.2) is 36.7 Å². The van der Waals surface area contributed by atoms with Gasteiger partial charge in [-0.15, -0.1) is 0 Å². The lowest BCUT2D eigenvalue weighted by atomic mass is 10.1. The van der Waals surface area contributed by atoms with E-state index in [1.165, 1.54) is 19.2 Å². The first-order valence-corrected chi connectivity index (χ1v) is 6.07. The number of methoxy groups -OCH3 is 1. The molecule has 0 aliphatic carbocycles. The fraction of sp³-hybridized carbons (Fsp3) is 0.385. The van der Waals surface area contributed by atoms with Crippen LogP contribution >= 0.6 is 0 Å². The third-order valence-corrected chi connectivity index (χ3v) is 3.09. The zero-order valence-electron chi connectivity index (χ0n) is 10.6. The van der Waals surface area contributed by atoms with Gasteiger partial charge in [0.05, 0.1) is 24.4 Å². The first kappa shape index (κ1) is 13.4. The lowest BCUT2D eigenvalue weighted by Gasteiger charge is -2.13. The van der Waals surface area contributed by atoms with E-state index in [0.717, 1.165) is 19.4 Å². The van der Waals surface area contributed by atoms with Gasteiger partial charge < -0.3 is 20.5 Å². The Balaban J connectivity index is 2.21. The maximum Gasteiger partial charge on any atom is 0.337 e. The van der Waals surface area contributed by atoms with Gasteiger partial charge in [-0.25, -0.2) is 4.79 Å². The van der Waals surface area contributed by atoms with Gasteiger partial charge in [0.15, 0.2) is 0 Å². The topological polar surface area (TPSA) is 87.7 Å². The molecule has 1 aliphatic rings. The van der Waals surface area contributed by atoms with Gasteiger partial charge in [0.2, 0.25) is 5.91 Å². The molecule has 1 fully saturated rings. The molecule has 1 heterocycles. The van der Waals surface area contributed by atoms with Gasteiger partial charge in [0.1, 0.15) is 5.75 Å². The molecule has 0 aromatic heterocycles. The smallest absolute Gasteiger partial charge is 0.337 e. The van der Waals surface area contributed by atoms with E-state index >= 15 is 0 Å². The minimum Gasteiger partial charge on any atom is -0.497 e. The number of amides is 1. The molecule has 0 spiro atoms. The maximum absolute atomic E-state index is 12.0. The summed E-state index contributed by atoms with van der Waals surface area (Å²) in [5.74, 6) is -0.801. The summed E-state index contributed by atoms with van der Waals surface area (Å²) in [5, 5.41) is 14.8. The van der Waals surface area contributed by atoms with E-state index in [1.54, 1.807) is 6.07 Å². The van der Waals surface area contributed by atoms with E-state index in [0.29, 0.717) is 5.75 Å². The number of carbonyl (C=O) groups is 2. The second kappa shape index (κ2) is 5.71. The zero-order valence-corrected chi connectivity index (χ0v) is 10.6. The number of benzene rings is 1. The van der Waals surface area contributed by atoms with Crippen molar-refractivity contribution in [3.8, 4) is 5.75 Å². The van der Waals surface area contributed by atoms with Gasteiger partial charge in [-0.3, -0.25) is 4.79 Å². The normalized spacial score (nSPS) is 18.1. The number of carbonyl (C=O) groups excluding carboxylic acids is 1. The highest BCUT2D eigenvalue weighted by atomic mass is 16.5. The van der Waals surface area contributed by atoms with Gasteiger partial charge in [-0.1, -0.05) is 0 Å². The first-order chi connectivity index (χ1) is 9.11. The molecule has 0 unspecified atom stereocenters. The van der Waals surface area contributed by atoms with Crippen LogP contribution in [0.1, 0.15) is 23.2 Å². The van der Waals surface area contributed by atoms with Crippen LogP contribution in [0.4, 0.5) is 5.69 Å². The Morgan fingerprint density at radius 2 is 2.26 bits per heavy atom. The van der Waals surface area contributed by atoms with Crippen LogP contribution in [0.15, 0.2) is 18.2 Å². The highest BCUT2D eigenvalue weighted by Crippen LogP contribution is 2.23. The van der Waals surface area contributed by atoms with Crippen LogP contribution in [0, 0.1) is 0 Å². The van der Waals surface area contributed by atoms with Crippen molar-refractivity contribution in [2.24, 2.45) is 0 Å². The Hall–Kier alpha value is -2.08. The number of aromatic carboxylic acids is 1. The molecule has 0 saturated carbocycles. The van der Waals surface area contributed by atoms with E-state index in [1.807, 2.05) is 0 Å². The van der Waals surface area contributed by atoms with E-state index in [-0.39, 0.29) is 23.2 Å². The van der Waals surface area contributed by atoms with E-state index in [2.05, 4.69) is 10.6 Å². The molecule has 0 bridgehead atoms. The van der Waals surface area contributed by atoms with Crippen LogP contribution in [0.3, 0.4) is 0 Å². The highest BCUT2D eigenvalue weighted by Gasteiger charge is 2.23. The molecular weight excluding hydrogens is 248 g/mol. The summed E-state index contributed by atoms with van der Waals surface area (Å²) in [5.41, 5.74) is 0.303. The van der Waals surface area contributed by atoms with Crippen molar-refractivity contribution in [1.82, 2.24) is 5.32 Å². The Kier molecular flexibility index (Phi) is 4.01. The number of carboxylic acids is 1. The summed E-state index contributed by atoms with van der Waals surface area (Å²) in [7, 11) is 1.49. The molecule has 19 heavy (non-hydrogen) atoms. The Bertz CT molecular complexity index is 495. The van der Waals surface area contributed by atoms with Gasteiger partial charge in [0, 0.05) is 6.07 Å². The summed E-state index contributed by atoms with van der Waals surface area (Å²) < 4.78 is 5.04. The summed E-state index contributed by atoms with van der Waals surface area (Å²) in [6.45, 7) is 0.808. The van der Waals surface area contributed by atoms with Crippen LogP contribution in [0.25, 0.3) is 0 Å². The lowest BCUT2D eigenvalue weighted by Crippen LogP contribution is -2.35. The van der Waals surface area contributed by atoms with Crippen LogP contribution < -0.4 is 15.4 Å². The molecule has 102 valence electrons. The molecule has 1 atom stereocenters. The second-order valence-electron chi connectivity index (χ2n) is 4.35. The third-order valence-electron chi connectivity index (χ3n) is 3.09. The van der Waals surface area contributed by atoms with E-state index in [4.69, 9.17) is 9.84 Å². The molecule has 1 aliphatic heterocycles. The predicted molar refractivity (Wildman–Crippen MR) is 69.6 cm³/mol. The van der Waals surface area contributed by atoms with Gasteiger partial charge in [0.25, 0.3) is 0 Å². The summed E-state index contributed by atoms with van der Waals surface area (Å²) in [6.07, 6.45) is 1.71. The Morgan fingerprint density at radius 3 is 2.84 bits per heavy atom. The van der Waals surface area contributed by atoms with Crippen molar-refractivity contribution in [1.29, 1.82) is 0 Å². The van der Waals surface area contributed by atoms with Crippen molar-refractivity contribution in [3.63, 3.8) is 0 Å². The zero-order chi connectivity index (χ0) is 13.8. The average molecular weight is 264 g/mol. The van der Waals surface area contributed by atoms with Crippen LogP contribution in [0.2, 0.25) is 0 Å². The summed E-state index contributed by atoms with van der Waals surface area (Å²) in [6, 6.07) is 4.22. The lowest BCUT2D eigenvalue weighted by molar-refractivity contribution is -0.117. The molecule has 6 heteroatoms. The molecule has 1 amide bonds. The average Bonchev–Trinajstić information content (AvgIpc) is 2.92. The summed E-state index contributed by atoms with van der Waals surface area (Å²) >= 11 is 0. The van der Waals surface area contributed by atoms with Gasteiger partial charge in [-0.2, -0.15) is 0 Å². The monoisotopic (exact) mass is 264 g/mol. The number of hydrogen-bond donors (Lipinski definition) is 3. The van der Waals surface area contributed by atoms with Crippen LogP contribution in [0.5, 0.6) is 5.75 Å². The minimum absolute atomic E-state index is 0.0483. The van der Waals surface area contributed by atoms with E-state index in [9.17, 15) is 9.59 Å². The Labute approximate surface area is 110 Å². The molecule has 1 aromatic carbocycles. The standard InChI is InChI=1S/C13H16N2O4/c1-19-8-4-5-9(13(17)18)11(7-8)15-12(16)10-3-2-6-14-10/h4-5,7,10,14H,2-3,6H2,1H3,(H,15,16)(H,17,18)/t10-/m0/s1. The summed E-state index contributed by atoms with van der Waals surface area (Å²) in [4.78, 5) is 23.1. The molecule has 2 rings (SSSR count). The van der Waals surface area contributed by atoms with Crippen LogP contribution in [-0.2, 0) is 4.79 Å². The van der Waals surface area contributed by atoms with Crippen molar-refractivity contribution < 1.29 is 19.4 Å². The Morgan fingerprint density at radius 1 is 1.47 bits per heavy atom. The van der Waals surface area contributed by atoms with Gasteiger partial charge in [-0.05, 0) is 31.5 Å². The molecule has 1 saturated heterocycles. The fourth-order valence-corrected chi connectivity index (χ4v) is 2.07. The molecular formula is C13H16N2O4. The van der Waals surface area contributed by atoms with Crippen molar-refractivity contribution in [3.05, 3.63) is 23.8 Å². The van der Waals surface area contributed by atoms with Crippen molar-refractivity contribution in [2.45, 2.75) is 18.9 Å². The quantitative estimate of drug-likeness (QED) is 0.757. The number of hydrogen-bond acceptors (Lipinski definition) is 4. The number of ether oxygens (including phenoxy) is 1. The van der Waals surface area contributed by atoms with Crippen molar-refractivity contribution in [2.75, 3.05) is 19.0 Å². The first-order valence-electron chi connectivity index (χ1n) is 6.07. The second-order valence-corrected chi connectivity index (χ2v) is 4.35. The number of nitrogens with one attached hydrogen (secondary N) is 2. The number of rotatable bonds is 4.